The zero-order chi connectivity index (χ0) is 11.5. The molecule has 0 aliphatic rings. The number of hydroxylamine groups is 1. The van der Waals surface area contributed by atoms with Gasteiger partial charge in [-0.2, -0.15) is 0 Å². The first kappa shape index (κ1) is 14.1. The fourth-order valence-corrected chi connectivity index (χ4v) is 1.42. The molecule has 0 radical (unpaired) electrons. The maximum absolute atomic E-state index is 10.9. The smallest absolute Gasteiger partial charge is 0.289 e. The van der Waals surface area contributed by atoms with Crippen LogP contribution in [-0.2, 0) is 9.59 Å². The number of ketones is 1. The molecular weight excluding hydrogens is 194 g/mol. The minimum atomic E-state index is -0.902. The molecule has 0 aromatic rings. The number of hydrogen-bond donors (Lipinski definition) is 2. The Balaban J connectivity index is 3.24. The summed E-state index contributed by atoms with van der Waals surface area (Å²) in [6.07, 6.45) is 8.03. The number of Topliss-reactive ketones (excluding diaryl/α,β-unsaturated/α-hetero) is 1. The third kappa shape index (κ3) is 8.12. The molecule has 0 aromatic carbocycles. The van der Waals surface area contributed by atoms with Gasteiger partial charge in [-0.1, -0.05) is 45.4 Å². The molecule has 0 unspecified atom stereocenters. The number of carbonyl (C=O) groups excluding carboxylic acids is 2. The summed E-state index contributed by atoms with van der Waals surface area (Å²) in [4.78, 5) is 21.5. The van der Waals surface area contributed by atoms with E-state index in [2.05, 4.69) is 6.92 Å². The van der Waals surface area contributed by atoms with E-state index in [9.17, 15) is 9.59 Å². The number of rotatable bonds is 9. The highest BCUT2D eigenvalue weighted by Crippen LogP contribution is 2.08. The topological polar surface area (TPSA) is 66.4 Å². The Morgan fingerprint density at radius 2 is 1.53 bits per heavy atom. The number of carbonyl (C=O) groups is 2. The van der Waals surface area contributed by atoms with Crippen LogP contribution in [0.1, 0.15) is 58.3 Å². The lowest BCUT2D eigenvalue weighted by molar-refractivity contribution is -0.143. The molecule has 88 valence electrons. The van der Waals surface area contributed by atoms with E-state index in [-0.39, 0.29) is 6.42 Å². The molecule has 0 atom stereocenters. The fraction of sp³-hybridized carbons (Fsp3) is 0.818. The van der Waals surface area contributed by atoms with E-state index in [4.69, 9.17) is 5.21 Å². The van der Waals surface area contributed by atoms with Crippen LogP contribution in [0.25, 0.3) is 0 Å². The van der Waals surface area contributed by atoms with E-state index in [1.165, 1.54) is 31.2 Å². The van der Waals surface area contributed by atoms with Gasteiger partial charge in [-0.05, 0) is 6.42 Å². The lowest BCUT2D eigenvalue weighted by atomic mass is 10.1. The minimum absolute atomic E-state index is 0.236. The largest absolute Gasteiger partial charge is 0.310 e. The van der Waals surface area contributed by atoms with Crippen molar-refractivity contribution >= 4 is 11.7 Å². The van der Waals surface area contributed by atoms with Crippen molar-refractivity contribution in [3.8, 4) is 0 Å². The molecule has 2 N–H and O–H groups in total. The van der Waals surface area contributed by atoms with Gasteiger partial charge in [-0.3, -0.25) is 14.8 Å². The Kier molecular flexibility index (Phi) is 9.07. The Hall–Kier alpha value is -0.900. The third-order valence-corrected chi connectivity index (χ3v) is 2.36. The van der Waals surface area contributed by atoms with Gasteiger partial charge in [-0.25, -0.2) is 5.48 Å². The van der Waals surface area contributed by atoms with Crippen molar-refractivity contribution in [2.45, 2.75) is 58.3 Å². The van der Waals surface area contributed by atoms with Crippen molar-refractivity contribution in [2.24, 2.45) is 0 Å². The first-order valence-corrected chi connectivity index (χ1v) is 5.69. The van der Waals surface area contributed by atoms with Gasteiger partial charge in [0.25, 0.3) is 0 Å². The summed E-state index contributed by atoms with van der Waals surface area (Å²) < 4.78 is 0. The lowest BCUT2D eigenvalue weighted by Crippen LogP contribution is -2.27. The number of nitrogens with one attached hydrogen (secondary N) is 1. The van der Waals surface area contributed by atoms with E-state index in [0.717, 1.165) is 19.3 Å². The predicted molar refractivity (Wildman–Crippen MR) is 57.5 cm³/mol. The molecule has 0 spiro atoms. The maximum atomic E-state index is 10.9. The molecule has 0 bridgehead atoms. The second kappa shape index (κ2) is 9.65. The summed E-state index contributed by atoms with van der Waals surface area (Å²) in [6.45, 7) is 2.17. The van der Waals surface area contributed by atoms with Gasteiger partial charge in [-0.15, -0.1) is 0 Å². The fourth-order valence-electron chi connectivity index (χ4n) is 1.42. The SMILES string of the molecule is CCCCCCCCCC(=O)C(=O)NO. The molecule has 4 heteroatoms. The molecule has 15 heavy (non-hydrogen) atoms. The molecule has 0 aliphatic carbocycles. The normalized spacial score (nSPS) is 10.0. The van der Waals surface area contributed by atoms with Crippen LogP contribution in [0.4, 0.5) is 0 Å². The van der Waals surface area contributed by atoms with Gasteiger partial charge in [0.1, 0.15) is 0 Å². The summed E-state index contributed by atoms with van der Waals surface area (Å²) in [6, 6.07) is 0. The van der Waals surface area contributed by atoms with Crippen LogP contribution >= 0.6 is 0 Å². The summed E-state index contributed by atoms with van der Waals surface area (Å²) in [5.74, 6) is -1.44. The quantitative estimate of drug-likeness (QED) is 0.268. The minimum Gasteiger partial charge on any atom is -0.289 e. The van der Waals surface area contributed by atoms with Crippen LogP contribution in [0.15, 0.2) is 0 Å². The molecule has 4 nitrogen and oxygen atoms in total. The van der Waals surface area contributed by atoms with Crippen molar-refractivity contribution in [3.63, 3.8) is 0 Å². The Morgan fingerprint density at radius 3 is 2.07 bits per heavy atom. The van der Waals surface area contributed by atoms with Crippen LogP contribution in [-0.4, -0.2) is 16.9 Å². The number of amides is 1. The number of unbranched alkanes of at least 4 members (excludes halogenated alkanes) is 6. The Labute approximate surface area is 91.0 Å². The average Bonchev–Trinajstić information content (AvgIpc) is 2.26. The molecule has 1 amide bonds. The van der Waals surface area contributed by atoms with Crippen molar-refractivity contribution < 1.29 is 14.8 Å². The molecule has 0 rings (SSSR count). The van der Waals surface area contributed by atoms with E-state index >= 15 is 0 Å². The maximum Gasteiger partial charge on any atom is 0.310 e. The van der Waals surface area contributed by atoms with Crippen molar-refractivity contribution in [3.05, 3.63) is 0 Å². The summed E-state index contributed by atoms with van der Waals surface area (Å²) in [5, 5.41) is 8.18. The van der Waals surface area contributed by atoms with Crippen molar-refractivity contribution in [1.82, 2.24) is 5.48 Å². The summed E-state index contributed by atoms with van der Waals surface area (Å²) in [7, 11) is 0. The first-order chi connectivity index (χ1) is 7.22. The molecule has 0 fully saturated rings. The van der Waals surface area contributed by atoms with E-state index < -0.39 is 11.7 Å². The Morgan fingerprint density at radius 1 is 1.00 bits per heavy atom. The van der Waals surface area contributed by atoms with Crippen LogP contribution in [0.5, 0.6) is 0 Å². The highest BCUT2D eigenvalue weighted by molar-refractivity contribution is 6.35. The van der Waals surface area contributed by atoms with Gasteiger partial charge in [0, 0.05) is 6.42 Å². The lowest BCUT2D eigenvalue weighted by Gasteiger charge is -2.00. The molecule has 0 saturated heterocycles. The highest BCUT2D eigenvalue weighted by Gasteiger charge is 2.10. The molecule has 0 saturated carbocycles. The van der Waals surface area contributed by atoms with Crippen LogP contribution in [0.3, 0.4) is 0 Å². The van der Waals surface area contributed by atoms with Crippen molar-refractivity contribution in [2.75, 3.05) is 0 Å². The van der Waals surface area contributed by atoms with Gasteiger partial charge in [0.2, 0.25) is 5.78 Å². The molecular formula is C11H21NO3. The van der Waals surface area contributed by atoms with E-state index in [1.807, 2.05) is 0 Å². The van der Waals surface area contributed by atoms with Crippen molar-refractivity contribution in [1.29, 1.82) is 0 Å². The second-order valence-electron chi connectivity index (χ2n) is 3.74. The molecule has 0 heterocycles. The second-order valence-corrected chi connectivity index (χ2v) is 3.74. The average molecular weight is 215 g/mol. The van der Waals surface area contributed by atoms with Gasteiger partial charge < -0.3 is 0 Å². The number of hydrogen-bond acceptors (Lipinski definition) is 3. The zero-order valence-electron chi connectivity index (χ0n) is 9.42. The zero-order valence-corrected chi connectivity index (χ0v) is 9.42. The highest BCUT2D eigenvalue weighted by atomic mass is 16.5. The third-order valence-electron chi connectivity index (χ3n) is 2.36. The van der Waals surface area contributed by atoms with Gasteiger partial charge in [0.15, 0.2) is 0 Å². The van der Waals surface area contributed by atoms with Gasteiger partial charge in [0.05, 0.1) is 0 Å². The van der Waals surface area contributed by atoms with Gasteiger partial charge >= 0.3 is 5.91 Å². The predicted octanol–water partition coefficient (Wildman–Crippen LogP) is 2.20. The van der Waals surface area contributed by atoms with E-state index in [0.29, 0.717) is 0 Å². The Bertz CT molecular complexity index is 192. The van der Waals surface area contributed by atoms with Crippen LogP contribution < -0.4 is 5.48 Å². The van der Waals surface area contributed by atoms with Crippen LogP contribution in [0, 0.1) is 0 Å². The molecule has 0 aliphatic heterocycles. The first-order valence-electron chi connectivity index (χ1n) is 5.69. The van der Waals surface area contributed by atoms with E-state index in [1.54, 1.807) is 0 Å². The summed E-state index contributed by atoms with van der Waals surface area (Å²) in [5.41, 5.74) is 1.35. The van der Waals surface area contributed by atoms with Crippen LogP contribution in [0.2, 0.25) is 0 Å². The standard InChI is InChI=1S/C11H21NO3/c1-2-3-4-5-6-7-8-9-10(13)11(14)12-15/h15H,2-9H2,1H3,(H,12,14). The monoisotopic (exact) mass is 215 g/mol. The summed E-state index contributed by atoms with van der Waals surface area (Å²) >= 11 is 0. The molecule has 0 aromatic heterocycles.